The van der Waals surface area contributed by atoms with Crippen LogP contribution in [0, 0.1) is 6.92 Å². The normalized spacial score (nSPS) is 10.6. The van der Waals surface area contributed by atoms with Gasteiger partial charge >= 0.3 is 11.9 Å². The summed E-state index contributed by atoms with van der Waals surface area (Å²) in [6, 6.07) is 7.14. The molecule has 0 saturated heterocycles. The summed E-state index contributed by atoms with van der Waals surface area (Å²) in [7, 11) is 0. The summed E-state index contributed by atoms with van der Waals surface area (Å²) in [4.78, 5) is 22.9. The molecule has 1 aromatic carbocycles. The van der Waals surface area contributed by atoms with Crippen molar-refractivity contribution < 1.29 is 19.1 Å². The second kappa shape index (κ2) is 9.75. The summed E-state index contributed by atoms with van der Waals surface area (Å²) in [6.07, 6.45) is 6.34. The monoisotopic (exact) mass is 290 g/mol. The number of rotatable bonds is 8. The fourth-order valence-electron chi connectivity index (χ4n) is 1.71. The fourth-order valence-corrected chi connectivity index (χ4v) is 1.71. The Morgan fingerprint density at radius 3 is 2.57 bits per heavy atom. The highest BCUT2D eigenvalue weighted by molar-refractivity contribution is 5.92. The van der Waals surface area contributed by atoms with E-state index in [2.05, 4.69) is 6.92 Å². The number of aryl methyl sites for hydroxylation is 1. The summed E-state index contributed by atoms with van der Waals surface area (Å²) in [6.45, 7) is 4.41. The highest BCUT2D eigenvalue weighted by atomic mass is 16.5. The smallest absolute Gasteiger partial charge is 0.336 e. The topological polar surface area (TPSA) is 52.6 Å². The molecule has 0 aliphatic carbocycles. The Labute approximate surface area is 125 Å². The van der Waals surface area contributed by atoms with Crippen molar-refractivity contribution in [3.63, 3.8) is 0 Å². The number of unbranched alkanes of at least 4 members (excludes halogenated alkanes) is 3. The van der Waals surface area contributed by atoms with Crippen LogP contribution in [0.1, 0.15) is 38.2 Å². The molecule has 0 spiro atoms. The van der Waals surface area contributed by atoms with Gasteiger partial charge < -0.3 is 9.47 Å². The third kappa shape index (κ3) is 7.92. The molecule has 0 atom stereocenters. The minimum atomic E-state index is -0.594. The van der Waals surface area contributed by atoms with Gasteiger partial charge in [-0.1, -0.05) is 38.3 Å². The van der Waals surface area contributed by atoms with E-state index in [1.54, 1.807) is 18.2 Å². The van der Waals surface area contributed by atoms with Gasteiger partial charge in [-0.2, -0.15) is 0 Å². The number of carbonyl (C=O) groups excluding carboxylic acids is 2. The van der Waals surface area contributed by atoms with E-state index >= 15 is 0 Å². The van der Waals surface area contributed by atoms with Gasteiger partial charge in [0.1, 0.15) is 5.75 Å². The van der Waals surface area contributed by atoms with Crippen molar-refractivity contribution >= 4 is 11.9 Å². The van der Waals surface area contributed by atoms with E-state index in [4.69, 9.17) is 9.47 Å². The van der Waals surface area contributed by atoms with Crippen LogP contribution in [0.4, 0.5) is 0 Å². The zero-order valence-corrected chi connectivity index (χ0v) is 12.6. The Balaban J connectivity index is 2.28. The third-order valence-corrected chi connectivity index (χ3v) is 2.81. The molecule has 114 valence electrons. The minimum Gasteiger partial charge on any atom is -0.463 e. The molecular weight excluding hydrogens is 268 g/mol. The number of hydrogen-bond acceptors (Lipinski definition) is 4. The number of esters is 2. The predicted octanol–water partition coefficient (Wildman–Crippen LogP) is 3.58. The van der Waals surface area contributed by atoms with Crippen LogP contribution in [0.3, 0.4) is 0 Å². The molecule has 0 bridgehead atoms. The van der Waals surface area contributed by atoms with E-state index < -0.39 is 11.9 Å². The van der Waals surface area contributed by atoms with Crippen LogP contribution in [0.15, 0.2) is 36.4 Å². The number of benzene rings is 1. The van der Waals surface area contributed by atoms with Gasteiger partial charge in [-0.25, -0.2) is 9.59 Å². The van der Waals surface area contributed by atoms with Gasteiger partial charge in [-0.3, -0.25) is 0 Å². The Kier molecular flexibility index (Phi) is 7.87. The molecule has 0 heterocycles. The Morgan fingerprint density at radius 1 is 1.10 bits per heavy atom. The summed E-state index contributed by atoms with van der Waals surface area (Å²) >= 11 is 0. The summed E-state index contributed by atoms with van der Waals surface area (Å²) in [5, 5.41) is 0. The maximum Gasteiger partial charge on any atom is 0.336 e. The van der Waals surface area contributed by atoms with Crippen LogP contribution in [0.2, 0.25) is 0 Å². The van der Waals surface area contributed by atoms with Crippen LogP contribution in [-0.4, -0.2) is 18.5 Å². The molecular formula is C17H22O4. The van der Waals surface area contributed by atoms with Gasteiger partial charge in [0.2, 0.25) is 0 Å². The Hall–Kier alpha value is -2.10. The SMILES string of the molecule is CCCCCCOC(=O)/C=C/C(=O)Oc1cccc(C)c1. The average molecular weight is 290 g/mol. The van der Waals surface area contributed by atoms with Crippen molar-refractivity contribution in [3.05, 3.63) is 42.0 Å². The summed E-state index contributed by atoms with van der Waals surface area (Å²) in [5.41, 5.74) is 0.996. The second-order valence-electron chi connectivity index (χ2n) is 4.80. The lowest BCUT2D eigenvalue weighted by molar-refractivity contribution is -0.138. The second-order valence-corrected chi connectivity index (χ2v) is 4.80. The molecule has 0 amide bonds. The van der Waals surface area contributed by atoms with Crippen LogP contribution in [-0.2, 0) is 14.3 Å². The molecule has 4 heteroatoms. The van der Waals surface area contributed by atoms with Crippen LogP contribution in [0.25, 0.3) is 0 Å². The number of hydrogen-bond donors (Lipinski definition) is 0. The van der Waals surface area contributed by atoms with Crippen LogP contribution < -0.4 is 4.74 Å². The summed E-state index contributed by atoms with van der Waals surface area (Å²) < 4.78 is 10.0. The van der Waals surface area contributed by atoms with E-state index in [1.807, 2.05) is 13.0 Å². The van der Waals surface area contributed by atoms with Crippen molar-refractivity contribution in [1.29, 1.82) is 0 Å². The van der Waals surface area contributed by atoms with Gasteiger partial charge in [0.15, 0.2) is 0 Å². The Bertz CT molecular complexity index is 491. The number of ether oxygens (including phenoxy) is 2. The number of carbonyl (C=O) groups is 2. The fraction of sp³-hybridized carbons (Fsp3) is 0.412. The zero-order valence-electron chi connectivity index (χ0n) is 12.6. The van der Waals surface area contributed by atoms with Crippen LogP contribution in [0.5, 0.6) is 5.75 Å². The standard InChI is InChI=1S/C17H22O4/c1-3-4-5-6-12-20-16(18)10-11-17(19)21-15-9-7-8-14(2)13-15/h7-11,13H,3-6,12H2,1-2H3/b11-10+. The quantitative estimate of drug-likeness (QED) is 0.318. The lowest BCUT2D eigenvalue weighted by Gasteiger charge is -2.02. The van der Waals surface area contributed by atoms with Gasteiger partial charge in [-0.15, -0.1) is 0 Å². The van der Waals surface area contributed by atoms with E-state index in [-0.39, 0.29) is 0 Å². The van der Waals surface area contributed by atoms with E-state index in [0.29, 0.717) is 12.4 Å². The average Bonchev–Trinajstić information content (AvgIpc) is 2.45. The Morgan fingerprint density at radius 2 is 1.86 bits per heavy atom. The molecule has 0 aromatic heterocycles. The maximum absolute atomic E-state index is 11.5. The van der Waals surface area contributed by atoms with Crippen LogP contribution >= 0.6 is 0 Å². The molecule has 1 aromatic rings. The van der Waals surface area contributed by atoms with Gasteiger partial charge in [-0.05, 0) is 31.0 Å². The first kappa shape index (κ1) is 17.0. The van der Waals surface area contributed by atoms with Crippen molar-refractivity contribution in [2.45, 2.75) is 39.5 Å². The first-order valence-electron chi connectivity index (χ1n) is 7.25. The molecule has 0 fully saturated rings. The molecule has 21 heavy (non-hydrogen) atoms. The lowest BCUT2D eigenvalue weighted by Crippen LogP contribution is -2.07. The zero-order chi connectivity index (χ0) is 15.5. The van der Waals surface area contributed by atoms with Gasteiger partial charge in [0.25, 0.3) is 0 Å². The molecule has 1 rings (SSSR count). The van der Waals surface area contributed by atoms with Crippen molar-refractivity contribution in [2.24, 2.45) is 0 Å². The molecule has 0 saturated carbocycles. The third-order valence-electron chi connectivity index (χ3n) is 2.81. The van der Waals surface area contributed by atoms with Crippen molar-refractivity contribution in [2.75, 3.05) is 6.61 Å². The van der Waals surface area contributed by atoms with Crippen molar-refractivity contribution in [3.8, 4) is 5.75 Å². The highest BCUT2D eigenvalue weighted by Crippen LogP contribution is 2.12. The molecule has 0 radical (unpaired) electrons. The predicted molar refractivity (Wildman–Crippen MR) is 81.1 cm³/mol. The van der Waals surface area contributed by atoms with E-state index in [1.165, 1.54) is 0 Å². The largest absolute Gasteiger partial charge is 0.463 e. The lowest BCUT2D eigenvalue weighted by atomic mass is 10.2. The van der Waals surface area contributed by atoms with Gasteiger partial charge in [0, 0.05) is 12.2 Å². The molecule has 0 aliphatic rings. The molecule has 0 aliphatic heterocycles. The van der Waals surface area contributed by atoms with Crippen molar-refractivity contribution in [1.82, 2.24) is 0 Å². The molecule has 0 N–H and O–H groups in total. The molecule has 0 unspecified atom stereocenters. The highest BCUT2D eigenvalue weighted by Gasteiger charge is 2.03. The maximum atomic E-state index is 11.5. The first-order chi connectivity index (χ1) is 10.1. The molecule has 4 nitrogen and oxygen atoms in total. The van der Waals surface area contributed by atoms with E-state index in [9.17, 15) is 9.59 Å². The first-order valence-corrected chi connectivity index (χ1v) is 7.25. The minimum absolute atomic E-state index is 0.385. The van der Waals surface area contributed by atoms with E-state index in [0.717, 1.165) is 43.4 Å². The summed E-state index contributed by atoms with van der Waals surface area (Å²) in [5.74, 6) is -0.659. The van der Waals surface area contributed by atoms with Gasteiger partial charge in [0.05, 0.1) is 6.61 Å².